The van der Waals surface area contributed by atoms with Crippen LogP contribution >= 0.6 is 24.0 Å². The molecule has 0 radical (unpaired) electrons. The Kier molecular flexibility index (Phi) is 5.93. The second-order valence-electron chi connectivity index (χ2n) is 6.54. The van der Waals surface area contributed by atoms with Crippen molar-refractivity contribution < 1.29 is 9.53 Å². The third-order valence-corrected chi connectivity index (χ3v) is 5.08. The Bertz CT molecular complexity index is 425. The fourth-order valence-corrected chi connectivity index (χ4v) is 3.97. The van der Waals surface area contributed by atoms with Crippen molar-refractivity contribution in [2.45, 2.75) is 31.5 Å². The van der Waals surface area contributed by atoms with Gasteiger partial charge in [-0.15, -0.1) is 24.0 Å². The van der Waals surface area contributed by atoms with E-state index in [0.717, 1.165) is 19.0 Å². The quantitative estimate of drug-likeness (QED) is 0.415. The van der Waals surface area contributed by atoms with Crippen LogP contribution in [0.4, 0.5) is 0 Å². The summed E-state index contributed by atoms with van der Waals surface area (Å²) >= 11 is 0. The number of rotatable bonds is 3. The molecule has 4 unspecified atom stereocenters. The van der Waals surface area contributed by atoms with Crippen molar-refractivity contribution in [3.05, 3.63) is 0 Å². The largest absolute Gasteiger partial charge is 0.374 e. The number of hydrogen-bond acceptors (Lipinski definition) is 3. The second-order valence-corrected chi connectivity index (χ2v) is 6.54. The lowest BCUT2D eigenvalue weighted by atomic mass is 9.82. The average Bonchev–Trinajstić information content (AvgIpc) is 3.14. The minimum Gasteiger partial charge on any atom is -0.374 e. The smallest absolute Gasteiger partial charge is 0.223 e. The molecule has 0 aromatic rings. The summed E-state index contributed by atoms with van der Waals surface area (Å²) in [6.07, 6.45) is 3.89. The van der Waals surface area contributed by atoms with Crippen molar-refractivity contribution in [3.63, 3.8) is 0 Å². The predicted molar refractivity (Wildman–Crippen MR) is 96.5 cm³/mol. The van der Waals surface area contributed by atoms with E-state index in [1.54, 1.807) is 19.0 Å². The fourth-order valence-electron chi connectivity index (χ4n) is 3.97. The van der Waals surface area contributed by atoms with Gasteiger partial charge in [0.2, 0.25) is 5.91 Å². The number of aliphatic imine (C=N–C) groups is 1. The Morgan fingerprint density at radius 2 is 1.86 bits per heavy atom. The lowest BCUT2D eigenvalue weighted by Gasteiger charge is -2.23. The lowest BCUT2D eigenvalue weighted by molar-refractivity contribution is -0.128. The van der Waals surface area contributed by atoms with Crippen LogP contribution in [0.3, 0.4) is 0 Å². The minimum absolute atomic E-state index is 0. The number of ether oxygens (including phenoxy) is 1. The Balaban J connectivity index is 0.00000176. The van der Waals surface area contributed by atoms with Crippen LogP contribution in [0.15, 0.2) is 4.99 Å². The van der Waals surface area contributed by atoms with Crippen LogP contribution in [0, 0.1) is 11.8 Å². The number of fused-ring (bicyclic) bond motifs is 5. The molecule has 0 aromatic heterocycles. The van der Waals surface area contributed by atoms with Crippen LogP contribution in [0.25, 0.3) is 0 Å². The maximum atomic E-state index is 11.6. The van der Waals surface area contributed by atoms with Crippen LogP contribution in [0.2, 0.25) is 0 Å². The first-order chi connectivity index (χ1) is 10.1. The van der Waals surface area contributed by atoms with Gasteiger partial charge in [-0.25, -0.2) is 0 Å². The zero-order valence-electron chi connectivity index (χ0n) is 13.6. The summed E-state index contributed by atoms with van der Waals surface area (Å²) in [7, 11) is 5.39. The van der Waals surface area contributed by atoms with E-state index in [2.05, 4.69) is 15.2 Å². The van der Waals surface area contributed by atoms with Gasteiger partial charge in [0, 0.05) is 59.0 Å². The van der Waals surface area contributed by atoms with Gasteiger partial charge in [0.1, 0.15) is 0 Å². The van der Waals surface area contributed by atoms with E-state index in [4.69, 9.17) is 4.74 Å². The highest BCUT2D eigenvalue weighted by atomic mass is 127. The molecule has 3 aliphatic rings. The van der Waals surface area contributed by atoms with Crippen LogP contribution in [0.1, 0.15) is 19.3 Å². The molecule has 1 amide bonds. The van der Waals surface area contributed by atoms with Crippen LogP contribution in [-0.4, -0.2) is 74.7 Å². The normalized spacial score (nSPS) is 32.7. The molecule has 3 heterocycles. The standard InChI is InChI=1S/C15H26N4O2.HI/c1-16-15(17-7-6-14(20)18(2)3)19-8-10-11(9-19)13-5-4-12(10)21-13;/h10-13H,4-9H2,1-3H3,(H,16,17);1H. The number of guanidine groups is 1. The Labute approximate surface area is 149 Å². The summed E-state index contributed by atoms with van der Waals surface area (Å²) in [6, 6.07) is 0. The molecule has 2 bridgehead atoms. The Hall–Kier alpha value is -0.570. The number of carbonyl (C=O) groups excluding carboxylic acids is 1. The molecule has 0 saturated carbocycles. The Morgan fingerprint density at radius 3 is 2.36 bits per heavy atom. The van der Waals surface area contributed by atoms with Crippen molar-refractivity contribution in [2.75, 3.05) is 40.8 Å². The van der Waals surface area contributed by atoms with E-state index in [1.807, 2.05) is 7.05 Å². The monoisotopic (exact) mass is 422 g/mol. The number of hydrogen-bond donors (Lipinski definition) is 1. The van der Waals surface area contributed by atoms with Gasteiger partial charge in [0.05, 0.1) is 12.2 Å². The third kappa shape index (κ3) is 3.34. The highest BCUT2D eigenvalue weighted by Gasteiger charge is 2.53. The van der Waals surface area contributed by atoms with E-state index in [0.29, 0.717) is 37.0 Å². The SMILES string of the molecule is CN=C(NCCC(=O)N(C)C)N1CC2C3CCC(O3)C2C1.I. The van der Waals surface area contributed by atoms with Crippen molar-refractivity contribution >= 4 is 35.8 Å². The molecule has 7 heteroatoms. The summed E-state index contributed by atoms with van der Waals surface area (Å²) in [4.78, 5) is 19.9. The first kappa shape index (κ1) is 17.8. The molecule has 3 aliphatic heterocycles. The van der Waals surface area contributed by atoms with Crippen molar-refractivity contribution in [3.8, 4) is 0 Å². The van der Waals surface area contributed by atoms with Gasteiger partial charge in [0.25, 0.3) is 0 Å². The summed E-state index contributed by atoms with van der Waals surface area (Å²) in [5, 5.41) is 3.32. The van der Waals surface area contributed by atoms with Crippen molar-refractivity contribution in [1.82, 2.24) is 15.1 Å². The molecular formula is C15H27IN4O2. The van der Waals surface area contributed by atoms with E-state index in [1.165, 1.54) is 12.8 Å². The number of halogens is 1. The average molecular weight is 422 g/mol. The van der Waals surface area contributed by atoms with Gasteiger partial charge in [-0.2, -0.15) is 0 Å². The zero-order chi connectivity index (χ0) is 15.0. The van der Waals surface area contributed by atoms with Crippen molar-refractivity contribution in [1.29, 1.82) is 0 Å². The molecule has 3 fully saturated rings. The molecule has 4 atom stereocenters. The molecule has 0 aliphatic carbocycles. The van der Waals surface area contributed by atoms with Crippen LogP contribution < -0.4 is 5.32 Å². The lowest BCUT2D eigenvalue weighted by Crippen LogP contribution is -2.42. The highest BCUT2D eigenvalue weighted by molar-refractivity contribution is 14.0. The molecule has 126 valence electrons. The number of nitrogens with one attached hydrogen (secondary N) is 1. The van der Waals surface area contributed by atoms with Gasteiger partial charge in [-0.05, 0) is 12.8 Å². The molecule has 22 heavy (non-hydrogen) atoms. The van der Waals surface area contributed by atoms with E-state index in [-0.39, 0.29) is 29.9 Å². The maximum Gasteiger partial charge on any atom is 0.223 e. The first-order valence-corrected chi connectivity index (χ1v) is 7.91. The van der Waals surface area contributed by atoms with Gasteiger partial charge in [-0.1, -0.05) is 0 Å². The number of amides is 1. The molecule has 6 nitrogen and oxygen atoms in total. The van der Waals surface area contributed by atoms with Gasteiger partial charge in [-0.3, -0.25) is 9.79 Å². The summed E-state index contributed by atoms with van der Waals surface area (Å²) < 4.78 is 6.00. The summed E-state index contributed by atoms with van der Waals surface area (Å²) in [5.41, 5.74) is 0. The van der Waals surface area contributed by atoms with E-state index in [9.17, 15) is 4.79 Å². The molecule has 1 N–H and O–H groups in total. The number of nitrogens with zero attached hydrogens (tertiary/aromatic N) is 3. The van der Waals surface area contributed by atoms with E-state index >= 15 is 0 Å². The Morgan fingerprint density at radius 1 is 1.27 bits per heavy atom. The summed E-state index contributed by atoms with van der Waals surface area (Å²) in [5.74, 6) is 2.41. The van der Waals surface area contributed by atoms with E-state index < -0.39 is 0 Å². The predicted octanol–water partition coefficient (Wildman–Crippen LogP) is 0.767. The molecule has 0 spiro atoms. The minimum atomic E-state index is 0. The zero-order valence-corrected chi connectivity index (χ0v) is 15.9. The summed E-state index contributed by atoms with van der Waals surface area (Å²) in [6.45, 7) is 2.71. The highest BCUT2D eigenvalue weighted by Crippen LogP contribution is 2.47. The first-order valence-electron chi connectivity index (χ1n) is 7.91. The topological polar surface area (TPSA) is 57.2 Å². The van der Waals surface area contributed by atoms with Gasteiger partial charge >= 0.3 is 0 Å². The molecule has 0 aromatic carbocycles. The van der Waals surface area contributed by atoms with Crippen molar-refractivity contribution in [2.24, 2.45) is 16.8 Å². The molecule has 3 rings (SSSR count). The van der Waals surface area contributed by atoms with Gasteiger partial charge in [0.15, 0.2) is 5.96 Å². The third-order valence-electron chi connectivity index (χ3n) is 5.08. The maximum absolute atomic E-state index is 11.6. The number of likely N-dealkylation sites (tertiary alicyclic amines) is 1. The van der Waals surface area contributed by atoms with Gasteiger partial charge < -0.3 is 19.9 Å². The molecule has 3 saturated heterocycles. The second kappa shape index (κ2) is 7.33. The molecular weight excluding hydrogens is 395 g/mol. The van der Waals surface area contributed by atoms with Crippen LogP contribution in [-0.2, 0) is 9.53 Å². The fraction of sp³-hybridized carbons (Fsp3) is 0.867. The van der Waals surface area contributed by atoms with Crippen LogP contribution in [0.5, 0.6) is 0 Å². The number of carbonyl (C=O) groups is 1.